The van der Waals surface area contributed by atoms with Crippen LogP contribution >= 0.6 is 0 Å². The third-order valence-electron chi connectivity index (χ3n) is 5.22. The van der Waals surface area contributed by atoms with E-state index >= 15 is 0 Å². The Morgan fingerprint density at radius 3 is 2.33 bits per heavy atom. The van der Waals surface area contributed by atoms with Crippen LogP contribution in [0.25, 0.3) is 0 Å². The summed E-state index contributed by atoms with van der Waals surface area (Å²) >= 11 is 0. The maximum Gasteiger partial charge on any atom is 0.240 e. The van der Waals surface area contributed by atoms with Gasteiger partial charge in [0, 0.05) is 25.8 Å². The first-order valence-electron chi connectivity index (χ1n) is 9.51. The van der Waals surface area contributed by atoms with E-state index in [4.69, 9.17) is 0 Å². The van der Waals surface area contributed by atoms with Crippen LogP contribution in [0, 0.1) is 5.92 Å². The van der Waals surface area contributed by atoms with Crippen LogP contribution in [-0.4, -0.2) is 33.0 Å². The first kappa shape index (κ1) is 19.8. The van der Waals surface area contributed by atoms with Crippen molar-refractivity contribution in [3.05, 3.63) is 54.4 Å². The second kappa shape index (κ2) is 7.98. The summed E-state index contributed by atoms with van der Waals surface area (Å²) in [5, 5.41) is 0. The fourth-order valence-corrected chi connectivity index (χ4v) is 4.50. The van der Waals surface area contributed by atoms with Crippen LogP contribution in [0.5, 0.6) is 0 Å². The third-order valence-corrected chi connectivity index (χ3v) is 6.66. The summed E-state index contributed by atoms with van der Waals surface area (Å²) in [7, 11) is -3.46. The number of piperidine rings is 1. The van der Waals surface area contributed by atoms with Crippen molar-refractivity contribution < 1.29 is 8.42 Å². The Balaban J connectivity index is 1.54. The van der Waals surface area contributed by atoms with Crippen LogP contribution < -0.4 is 9.62 Å². The molecule has 3 rings (SSSR count). The number of aromatic nitrogens is 1. The standard InChI is InChI=1S/C21H29N3O2S/c1-21(2,3)18-6-8-20(9-7-18)27(25,26)23-15-17-10-13-24(14-11-17)19-5-4-12-22-16-19/h4-9,12,16-17,23H,10-11,13-15H2,1-3H3. The van der Waals surface area contributed by atoms with Gasteiger partial charge in [0.2, 0.25) is 10.0 Å². The minimum Gasteiger partial charge on any atom is -0.370 e. The molecule has 1 aromatic carbocycles. The molecule has 1 aliphatic rings. The number of pyridine rings is 1. The quantitative estimate of drug-likeness (QED) is 0.852. The van der Waals surface area contributed by atoms with Crippen molar-refractivity contribution >= 4 is 15.7 Å². The highest BCUT2D eigenvalue weighted by molar-refractivity contribution is 7.89. The summed E-state index contributed by atoms with van der Waals surface area (Å²) in [5.41, 5.74) is 2.28. The molecule has 0 unspecified atom stereocenters. The molecule has 1 aromatic heterocycles. The molecule has 1 N–H and O–H groups in total. The van der Waals surface area contributed by atoms with Crippen LogP contribution in [0.4, 0.5) is 5.69 Å². The van der Waals surface area contributed by atoms with Crippen molar-refractivity contribution in [2.75, 3.05) is 24.5 Å². The van der Waals surface area contributed by atoms with E-state index in [0.717, 1.165) is 37.2 Å². The van der Waals surface area contributed by atoms with Crippen LogP contribution in [0.1, 0.15) is 39.2 Å². The number of anilines is 1. The van der Waals surface area contributed by atoms with Crippen molar-refractivity contribution in [1.82, 2.24) is 9.71 Å². The Morgan fingerprint density at radius 2 is 1.78 bits per heavy atom. The highest BCUT2D eigenvalue weighted by Gasteiger charge is 2.23. The van der Waals surface area contributed by atoms with E-state index in [9.17, 15) is 8.42 Å². The van der Waals surface area contributed by atoms with Crippen molar-refractivity contribution in [2.45, 2.75) is 43.9 Å². The summed E-state index contributed by atoms with van der Waals surface area (Å²) in [6.07, 6.45) is 5.60. The highest BCUT2D eigenvalue weighted by atomic mass is 32.2. The van der Waals surface area contributed by atoms with Crippen LogP contribution in [0.2, 0.25) is 0 Å². The van der Waals surface area contributed by atoms with Gasteiger partial charge < -0.3 is 4.90 Å². The Kier molecular flexibility index (Phi) is 5.86. The molecule has 0 atom stereocenters. The minimum atomic E-state index is -3.46. The van der Waals surface area contributed by atoms with Crippen molar-refractivity contribution in [2.24, 2.45) is 5.92 Å². The van der Waals surface area contributed by atoms with Gasteiger partial charge in [0.15, 0.2) is 0 Å². The summed E-state index contributed by atoms with van der Waals surface area (Å²) in [4.78, 5) is 6.81. The zero-order valence-corrected chi connectivity index (χ0v) is 17.2. The Morgan fingerprint density at radius 1 is 1.11 bits per heavy atom. The van der Waals surface area contributed by atoms with Crippen LogP contribution in [0.15, 0.2) is 53.7 Å². The summed E-state index contributed by atoms with van der Waals surface area (Å²) in [5.74, 6) is 0.363. The van der Waals surface area contributed by atoms with E-state index in [1.807, 2.05) is 24.4 Å². The zero-order chi connectivity index (χ0) is 19.5. The number of nitrogens with zero attached hydrogens (tertiary/aromatic N) is 2. The molecule has 5 nitrogen and oxygen atoms in total. The summed E-state index contributed by atoms with van der Waals surface area (Å²) < 4.78 is 28.0. The van der Waals surface area contributed by atoms with Gasteiger partial charge in [0.25, 0.3) is 0 Å². The molecule has 0 amide bonds. The third kappa shape index (κ3) is 5.08. The average Bonchev–Trinajstić information content (AvgIpc) is 2.67. The Labute approximate surface area is 162 Å². The molecule has 1 saturated heterocycles. The largest absolute Gasteiger partial charge is 0.370 e. The maximum atomic E-state index is 12.6. The molecule has 0 radical (unpaired) electrons. The lowest BCUT2D eigenvalue weighted by Crippen LogP contribution is -2.38. The van der Waals surface area contributed by atoms with Crippen LogP contribution in [0.3, 0.4) is 0 Å². The molecule has 0 spiro atoms. The summed E-state index contributed by atoms with van der Waals surface area (Å²) in [6, 6.07) is 11.2. The molecule has 2 aromatic rings. The molecule has 146 valence electrons. The van der Waals surface area contributed by atoms with Gasteiger partial charge in [-0.1, -0.05) is 32.9 Å². The van der Waals surface area contributed by atoms with Gasteiger partial charge >= 0.3 is 0 Å². The molecule has 6 heteroatoms. The fourth-order valence-electron chi connectivity index (χ4n) is 3.38. The van der Waals surface area contributed by atoms with Gasteiger partial charge in [-0.15, -0.1) is 0 Å². The molecule has 0 bridgehead atoms. The summed E-state index contributed by atoms with van der Waals surface area (Å²) in [6.45, 7) is 8.70. The molecule has 27 heavy (non-hydrogen) atoms. The van der Waals surface area contributed by atoms with Gasteiger partial charge in [-0.25, -0.2) is 13.1 Å². The lowest BCUT2D eigenvalue weighted by atomic mass is 9.87. The maximum absolute atomic E-state index is 12.6. The van der Waals surface area contributed by atoms with E-state index in [0.29, 0.717) is 17.4 Å². The zero-order valence-electron chi connectivity index (χ0n) is 16.4. The second-order valence-electron chi connectivity index (χ2n) is 8.27. The molecule has 0 saturated carbocycles. The Hall–Kier alpha value is -1.92. The normalized spacial score (nSPS) is 16.5. The van der Waals surface area contributed by atoms with Crippen molar-refractivity contribution in [1.29, 1.82) is 0 Å². The average molecular weight is 388 g/mol. The van der Waals surface area contributed by atoms with Gasteiger partial charge in [0.1, 0.15) is 0 Å². The lowest BCUT2D eigenvalue weighted by Gasteiger charge is -2.33. The number of hydrogen-bond acceptors (Lipinski definition) is 4. The minimum absolute atomic E-state index is 0.0119. The lowest BCUT2D eigenvalue weighted by molar-refractivity contribution is 0.402. The first-order valence-corrected chi connectivity index (χ1v) is 11.0. The molecule has 2 heterocycles. The topological polar surface area (TPSA) is 62.3 Å². The van der Waals surface area contributed by atoms with E-state index in [2.05, 4.69) is 41.4 Å². The number of benzene rings is 1. The molecule has 1 aliphatic heterocycles. The first-order chi connectivity index (χ1) is 12.8. The monoisotopic (exact) mass is 387 g/mol. The van der Waals surface area contributed by atoms with Gasteiger partial charge in [-0.2, -0.15) is 0 Å². The number of nitrogens with one attached hydrogen (secondary N) is 1. The van der Waals surface area contributed by atoms with Gasteiger partial charge in [-0.3, -0.25) is 4.98 Å². The number of sulfonamides is 1. The van der Waals surface area contributed by atoms with E-state index in [1.165, 1.54) is 0 Å². The molecular weight excluding hydrogens is 358 g/mol. The fraction of sp³-hybridized carbons (Fsp3) is 0.476. The van der Waals surface area contributed by atoms with Gasteiger partial charge in [-0.05, 0) is 54.0 Å². The smallest absolute Gasteiger partial charge is 0.240 e. The number of rotatable bonds is 5. The predicted molar refractivity (Wildman–Crippen MR) is 110 cm³/mol. The van der Waals surface area contributed by atoms with E-state index in [-0.39, 0.29) is 5.41 Å². The molecular formula is C21H29N3O2S. The molecule has 0 aliphatic carbocycles. The van der Waals surface area contributed by atoms with Crippen LogP contribution in [-0.2, 0) is 15.4 Å². The Bertz CT molecular complexity index is 835. The SMILES string of the molecule is CC(C)(C)c1ccc(S(=O)(=O)NCC2CCN(c3cccnc3)CC2)cc1. The van der Waals surface area contributed by atoms with Crippen molar-refractivity contribution in [3.8, 4) is 0 Å². The highest BCUT2D eigenvalue weighted by Crippen LogP contribution is 2.24. The predicted octanol–water partition coefficient (Wildman–Crippen LogP) is 3.57. The van der Waals surface area contributed by atoms with Gasteiger partial charge in [0.05, 0.1) is 16.8 Å². The van der Waals surface area contributed by atoms with E-state index in [1.54, 1.807) is 18.3 Å². The molecule has 1 fully saturated rings. The van der Waals surface area contributed by atoms with Crippen molar-refractivity contribution in [3.63, 3.8) is 0 Å². The number of hydrogen-bond donors (Lipinski definition) is 1. The second-order valence-corrected chi connectivity index (χ2v) is 10.0. The van der Waals surface area contributed by atoms with E-state index < -0.39 is 10.0 Å².